The Kier molecular flexibility index (Phi) is 15.4. The van der Waals surface area contributed by atoms with Gasteiger partial charge in [-0.2, -0.15) is 0 Å². The molecule has 3 N–H and O–H groups in total. The zero-order valence-corrected chi connectivity index (χ0v) is 37.2. The molecule has 15 heteroatoms. The molecule has 0 aromatic heterocycles. The maximum Gasteiger partial charge on any atom is 0.417 e. The van der Waals surface area contributed by atoms with Gasteiger partial charge in [-0.25, -0.2) is 4.79 Å². The van der Waals surface area contributed by atoms with E-state index in [1.54, 1.807) is 61.7 Å². The summed E-state index contributed by atoms with van der Waals surface area (Å²) in [5, 5.41) is 27.4. The Balaban J connectivity index is 1.39. The fourth-order valence-corrected chi connectivity index (χ4v) is 9.83. The number of methoxy groups -OCH3 is 2. The summed E-state index contributed by atoms with van der Waals surface area (Å²) in [5.41, 5.74) is 3.22. The Bertz CT molecular complexity index is 2190. The number of allylic oxidation sites excluding steroid dienone is 1. The van der Waals surface area contributed by atoms with Crippen molar-refractivity contribution in [3.8, 4) is 34.5 Å². The van der Waals surface area contributed by atoms with Gasteiger partial charge in [-0.3, -0.25) is 10.1 Å². The molecule has 64 heavy (non-hydrogen) atoms. The quantitative estimate of drug-likeness (QED) is 0.0532. The van der Waals surface area contributed by atoms with Crippen LogP contribution in [0.5, 0.6) is 34.5 Å². The van der Waals surface area contributed by atoms with Crippen molar-refractivity contribution in [3.63, 3.8) is 0 Å². The molecule has 6 unspecified atom stereocenters. The first-order valence-corrected chi connectivity index (χ1v) is 22.4. The lowest BCUT2D eigenvalue weighted by atomic mass is 9.55. The average Bonchev–Trinajstić information content (AvgIpc) is 3.79. The molecule has 1 fully saturated rings. The minimum Gasteiger partial charge on any atom is -0.497 e. The van der Waals surface area contributed by atoms with Crippen LogP contribution < -0.4 is 33.7 Å². The molecule has 0 radical (unpaired) electrons. The number of aliphatic hydroxyl groups excluding tert-OH is 2. The van der Waals surface area contributed by atoms with Crippen molar-refractivity contribution in [1.82, 2.24) is 4.90 Å². The molecule has 344 valence electrons. The largest absolute Gasteiger partial charge is 0.497 e. The van der Waals surface area contributed by atoms with Crippen LogP contribution in [0.15, 0.2) is 84.1 Å². The van der Waals surface area contributed by atoms with E-state index in [-0.39, 0.29) is 62.4 Å². The number of benzene rings is 3. The average molecular weight is 884 g/mol. The summed E-state index contributed by atoms with van der Waals surface area (Å²) >= 11 is 0. The highest BCUT2D eigenvalue weighted by molar-refractivity contribution is 6.03. The van der Waals surface area contributed by atoms with Crippen LogP contribution in [0.3, 0.4) is 0 Å². The van der Waals surface area contributed by atoms with Crippen LogP contribution in [0.1, 0.15) is 87.1 Å². The molecule has 3 aromatic carbocycles. The van der Waals surface area contributed by atoms with Crippen molar-refractivity contribution >= 4 is 23.4 Å². The highest BCUT2D eigenvalue weighted by Gasteiger charge is 2.65. The highest BCUT2D eigenvalue weighted by Crippen LogP contribution is 2.62. The number of nitrogens with one attached hydrogen (secondary N) is 1. The first-order chi connectivity index (χ1) is 31.2. The van der Waals surface area contributed by atoms with Crippen molar-refractivity contribution in [2.24, 2.45) is 22.9 Å². The molecule has 0 spiro atoms. The molecule has 2 heterocycles. The minimum absolute atomic E-state index is 0.0188. The number of hydrogen-bond donors (Lipinski definition) is 3. The molecule has 1 saturated carbocycles. The molecule has 2 aliphatic heterocycles. The minimum atomic E-state index is -1.46. The van der Waals surface area contributed by atoms with Gasteiger partial charge >= 0.3 is 6.09 Å². The molecule has 3 aromatic rings. The number of amides is 2. The van der Waals surface area contributed by atoms with E-state index >= 15 is 4.79 Å². The maximum atomic E-state index is 15.0. The number of rotatable bonds is 21. The van der Waals surface area contributed by atoms with Crippen LogP contribution in [0.2, 0.25) is 0 Å². The van der Waals surface area contributed by atoms with Gasteiger partial charge in [0.2, 0.25) is 12.6 Å². The van der Waals surface area contributed by atoms with Gasteiger partial charge in [0, 0.05) is 49.3 Å². The summed E-state index contributed by atoms with van der Waals surface area (Å²) in [6.07, 6.45) is 8.45. The Morgan fingerprint density at radius 2 is 1.70 bits per heavy atom. The molecule has 6 atom stereocenters. The van der Waals surface area contributed by atoms with E-state index in [9.17, 15) is 15.0 Å². The summed E-state index contributed by atoms with van der Waals surface area (Å²) in [5.74, 6) is 0.283. The topological polar surface area (TPSA) is 176 Å². The van der Waals surface area contributed by atoms with Crippen molar-refractivity contribution < 1.29 is 57.8 Å². The van der Waals surface area contributed by atoms with Gasteiger partial charge in [0.1, 0.15) is 35.6 Å². The Hall–Kier alpha value is -5.77. The van der Waals surface area contributed by atoms with E-state index in [2.05, 4.69) is 18.0 Å². The molecule has 15 nitrogen and oxygen atoms in total. The summed E-state index contributed by atoms with van der Waals surface area (Å²) in [6, 6.07) is 14.9. The fourth-order valence-electron chi connectivity index (χ4n) is 9.83. The molecule has 4 aliphatic rings. The summed E-state index contributed by atoms with van der Waals surface area (Å²) < 4.78 is 42.5. The third-order valence-electron chi connectivity index (χ3n) is 12.5. The molecule has 0 saturated heterocycles. The maximum absolute atomic E-state index is 15.0. The fraction of sp³-hybridized carbons (Fsp3) is 0.490. The van der Waals surface area contributed by atoms with E-state index in [0.29, 0.717) is 78.1 Å². The lowest BCUT2D eigenvalue weighted by Crippen LogP contribution is -2.70. The smallest absolute Gasteiger partial charge is 0.417 e. The zero-order valence-electron chi connectivity index (χ0n) is 37.2. The number of hydrogen-bond acceptors (Lipinski definition) is 13. The van der Waals surface area contributed by atoms with Crippen LogP contribution >= 0.6 is 0 Å². The van der Waals surface area contributed by atoms with Gasteiger partial charge in [-0.1, -0.05) is 37.1 Å². The molecule has 2 amide bonds. The molecule has 2 aliphatic carbocycles. The predicted octanol–water partition coefficient (Wildman–Crippen LogP) is 8.25. The Labute approximate surface area is 374 Å². The van der Waals surface area contributed by atoms with Crippen LogP contribution in [-0.2, 0) is 9.57 Å². The van der Waals surface area contributed by atoms with Gasteiger partial charge in [0.25, 0.3) is 5.91 Å². The third kappa shape index (κ3) is 9.52. The zero-order chi connectivity index (χ0) is 45.2. The number of nitrogens with zero attached hydrogens (tertiary/aromatic N) is 2. The molecule has 0 bridgehead atoms. The number of aliphatic hydroxyl groups is 2. The lowest BCUT2D eigenvalue weighted by Gasteiger charge is -2.60. The van der Waals surface area contributed by atoms with E-state index < -0.39 is 23.8 Å². The number of anilines is 1. The lowest BCUT2D eigenvalue weighted by molar-refractivity contribution is -0.254. The Morgan fingerprint density at radius 1 is 0.938 bits per heavy atom. The SMILES string of the molecule is C=CCOC12Oc3ccc(OC(=O)Nc4ccc(OC)cc4OC)cc3C3C(CCCCO)C(CCCCO)C=C(C(=NOCC)CC1N(CCC)C(=O)c1ccc4c(c1)OCO4)C32. The normalized spacial score (nSPS) is 23.2. The van der Waals surface area contributed by atoms with Gasteiger partial charge in [-0.15, -0.1) is 6.58 Å². The van der Waals surface area contributed by atoms with E-state index in [0.717, 1.165) is 36.8 Å². The number of fused-ring (bicyclic) bond motifs is 3. The van der Waals surface area contributed by atoms with Crippen LogP contribution in [-0.4, -0.2) is 98.6 Å². The number of oxime groups is 1. The second kappa shape index (κ2) is 21.3. The van der Waals surface area contributed by atoms with Crippen molar-refractivity contribution in [1.29, 1.82) is 0 Å². The second-order valence-electron chi connectivity index (χ2n) is 16.3. The van der Waals surface area contributed by atoms with Gasteiger partial charge < -0.3 is 53.1 Å². The monoisotopic (exact) mass is 883 g/mol. The second-order valence-corrected chi connectivity index (χ2v) is 16.3. The van der Waals surface area contributed by atoms with Gasteiger partial charge in [-0.05, 0) is 105 Å². The highest BCUT2D eigenvalue weighted by atomic mass is 16.7. The van der Waals surface area contributed by atoms with E-state index in [1.165, 1.54) is 7.11 Å². The molecular formula is C49H61N3O12. The van der Waals surface area contributed by atoms with E-state index in [4.69, 9.17) is 43.2 Å². The van der Waals surface area contributed by atoms with E-state index in [1.807, 2.05) is 24.8 Å². The first kappa shape index (κ1) is 46.2. The van der Waals surface area contributed by atoms with Crippen LogP contribution in [0.4, 0.5) is 10.5 Å². The summed E-state index contributed by atoms with van der Waals surface area (Å²) in [4.78, 5) is 36.3. The number of carbonyl (C=O) groups excluding carboxylic acids is 2. The molecule has 7 rings (SSSR count). The predicted molar refractivity (Wildman–Crippen MR) is 240 cm³/mol. The first-order valence-electron chi connectivity index (χ1n) is 22.4. The molecular weight excluding hydrogens is 823 g/mol. The van der Waals surface area contributed by atoms with Crippen molar-refractivity contribution in [2.75, 3.05) is 59.3 Å². The summed E-state index contributed by atoms with van der Waals surface area (Å²) in [6.45, 7) is 8.95. The van der Waals surface area contributed by atoms with Gasteiger partial charge in [0.05, 0.1) is 38.1 Å². The van der Waals surface area contributed by atoms with Crippen molar-refractivity contribution in [3.05, 3.63) is 90.0 Å². The van der Waals surface area contributed by atoms with Crippen LogP contribution in [0, 0.1) is 17.8 Å². The van der Waals surface area contributed by atoms with Crippen molar-refractivity contribution in [2.45, 2.75) is 83.0 Å². The third-order valence-corrected chi connectivity index (χ3v) is 12.5. The summed E-state index contributed by atoms with van der Waals surface area (Å²) in [7, 11) is 3.05. The number of carbonyl (C=O) groups is 2. The van der Waals surface area contributed by atoms with Crippen LogP contribution in [0.25, 0.3) is 0 Å². The Morgan fingerprint density at radius 3 is 2.44 bits per heavy atom. The number of ether oxygens (including phenoxy) is 7. The number of unbranched alkanes of at least 4 members (excludes halogenated alkanes) is 2. The van der Waals surface area contributed by atoms with Gasteiger partial charge in [0.15, 0.2) is 11.5 Å². The standard InChI is InChI=1S/C49H61N3O12/c1-6-21-52(47(55)32-15-19-41-43(26-32)60-30-59-41)44-29-39(51-62-8-3)36-25-31(13-9-11-22-53)35(14-10-12-23-54)45-37-27-34(17-20-40(37)64-49(44,46(36)45)61-24-7-2)63-48(56)50-38-18-16-33(57-4)28-42(38)58-5/h7,15-20,25-28,31,35,44-46,53-54H,2,6,8-14,21-24,29-30H2,1,3-5H3,(H,50,56).